The van der Waals surface area contributed by atoms with E-state index in [-0.39, 0.29) is 11.7 Å². The first-order valence-electron chi connectivity index (χ1n) is 4.28. The van der Waals surface area contributed by atoms with E-state index in [2.05, 4.69) is 0 Å². The smallest absolute Gasteiger partial charge is 0.265 e. The summed E-state index contributed by atoms with van der Waals surface area (Å²) in [5, 5.41) is 0. The van der Waals surface area contributed by atoms with Gasteiger partial charge in [-0.3, -0.25) is 4.55 Å². The average molecular weight is 210 g/mol. The molecule has 74 valence electrons. The zero-order valence-corrected chi connectivity index (χ0v) is 8.24. The maximum Gasteiger partial charge on any atom is 0.265 e. The maximum atomic E-state index is 10.7. The molecule has 0 radical (unpaired) electrons. The summed E-state index contributed by atoms with van der Waals surface area (Å²) < 4.78 is 30.2. The van der Waals surface area contributed by atoms with Crippen LogP contribution in [0.4, 0.5) is 0 Å². The Hall–Kier alpha value is -1.13. The van der Waals surface area contributed by atoms with Crippen LogP contribution in [0.3, 0.4) is 0 Å². The predicted octanol–water partition coefficient (Wildman–Crippen LogP) is 1.68. The molecule has 0 bridgehead atoms. The first-order chi connectivity index (χ1) is 6.56. The highest BCUT2D eigenvalue weighted by Crippen LogP contribution is 2.30. The minimum absolute atomic E-state index is 0.207. The lowest BCUT2D eigenvalue weighted by Gasteiger charge is -2.07. The first-order valence-corrected chi connectivity index (χ1v) is 5.89. The molecule has 2 rings (SSSR count). The Bertz CT molecular complexity index is 474. The molecule has 3 nitrogen and oxygen atoms in total. The molecule has 0 fully saturated rings. The van der Waals surface area contributed by atoms with Crippen LogP contribution in [0.2, 0.25) is 0 Å². The van der Waals surface area contributed by atoms with Crippen LogP contribution < -0.4 is 0 Å². The summed E-state index contributed by atoms with van der Waals surface area (Å²) in [5.41, 5.74) is 1.99. The summed E-state index contributed by atoms with van der Waals surface area (Å²) in [6, 6.07) is 7.57. The quantitative estimate of drug-likeness (QED) is 0.756. The molecular weight excluding hydrogens is 200 g/mol. The lowest BCUT2D eigenvalue weighted by Crippen LogP contribution is -2.10. The Morgan fingerprint density at radius 1 is 1.29 bits per heavy atom. The van der Waals surface area contributed by atoms with E-state index in [4.69, 9.17) is 4.55 Å². The van der Waals surface area contributed by atoms with E-state index in [1.807, 2.05) is 30.3 Å². The van der Waals surface area contributed by atoms with Crippen molar-refractivity contribution in [2.24, 2.45) is 0 Å². The molecule has 0 aliphatic heterocycles. The minimum Gasteiger partial charge on any atom is -0.286 e. The molecule has 1 aromatic rings. The molecule has 0 saturated heterocycles. The summed E-state index contributed by atoms with van der Waals surface area (Å²) in [6.45, 7) is 0. The van der Waals surface area contributed by atoms with Gasteiger partial charge in [0.05, 0.1) is 5.75 Å². The van der Waals surface area contributed by atoms with Crippen LogP contribution >= 0.6 is 0 Å². The van der Waals surface area contributed by atoms with Gasteiger partial charge in [0.25, 0.3) is 10.1 Å². The lowest BCUT2D eigenvalue weighted by atomic mass is 10.0. The van der Waals surface area contributed by atoms with Crippen molar-refractivity contribution in [1.29, 1.82) is 0 Å². The van der Waals surface area contributed by atoms with Crippen LogP contribution in [0.1, 0.15) is 17.0 Å². The van der Waals surface area contributed by atoms with Crippen molar-refractivity contribution < 1.29 is 13.0 Å². The van der Waals surface area contributed by atoms with E-state index in [9.17, 15) is 8.42 Å². The number of fused-ring (bicyclic) bond motifs is 1. The van der Waals surface area contributed by atoms with Gasteiger partial charge in [0.1, 0.15) is 0 Å². The van der Waals surface area contributed by atoms with E-state index in [1.54, 1.807) is 6.08 Å². The second-order valence-electron chi connectivity index (χ2n) is 3.34. The van der Waals surface area contributed by atoms with E-state index in [0.717, 1.165) is 11.1 Å². The number of allylic oxidation sites excluding steroid dienone is 1. The van der Waals surface area contributed by atoms with Gasteiger partial charge in [0, 0.05) is 5.92 Å². The highest BCUT2D eigenvalue weighted by Gasteiger charge is 2.21. The topological polar surface area (TPSA) is 54.4 Å². The SMILES string of the molecule is O=S(=O)(O)CC1C=Cc2ccccc21. The average Bonchev–Trinajstić information content (AvgIpc) is 2.47. The number of benzene rings is 1. The van der Waals surface area contributed by atoms with Crippen molar-refractivity contribution in [3.63, 3.8) is 0 Å². The van der Waals surface area contributed by atoms with E-state index in [0.29, 0.717) is 0 Å². The molecule has 1 N–H and O–H groups in total. The van der Waals surface area contributed by atoms with Crippen LogP contribution in [-0.2, 0) is 10.1 Å². The van der Waals surface area contributed by atoms with Gasteiger partial charge >= 0.3 is 0 Å². The van der Waals surface area contributed by atoms with Crippen molar-refractivity contribution in [1.82, 2.24) is 0 Å². The Morgan fingerprint density at radius 3 is 2.71 bits per heavy atom. The lowest BCUT2D eigenvalue weighted by molar-refractivity contribution is 0.481. The Labute approximate surface area is 82.8 Å². The van der Waals surface area contributed by atoms with Gasteiger partial charge in [-0.2, -0.15) is 8.42 Å². The summed E-state index contributed by atoms with van der Waals surface area (Å²) in [5.74, 6) is -0.443. The normalized spacial score (nSPS) is 19.6. The van der Waals surface area contributed by atoms with E-state index < -0.39 is 10.1 Å². The largest absolute Gasteiger partial charge is 0.286 e. The third-order valence-corrected chi connectivity index (χ3v) is 3.07. The van der Waals surface area contributed by atoms with E-state index >= 15 is 0 Å². The monoisotopic (exact) mass is 210 g/mol. The minimum atomic E-state index is -3.90. The number of hydrogen-bond acceptors (Lipinski definition) is 2. The van der Waals surface area contributed by atoms with Crippen LogP contribution in [-0.4, -0.2) is 18.7 Å². The molecule has 1 aliphatic rings. The molecule has 0 amide bonds. The third kappa shape index (κ3) is 1.86. The fourth-order valence-electron chi connectivity index (χ4n) is 1.70. The fourth-order valence-corrected chi connectivity index (χ4v) is 2.44. The zero-order valence-electron chi connectivity index (χ0n) is 7.42. The standard InChI is InChI=1S/C10H10O3S/c11-14(12,13)7-9-6-5-8-3-1-2-4-10(8)9/h1-6,9H,7H2,(H,11,12,13). The molecule has 4 heteroatoms. The Morgan fingerprint density at radius 2 is 2.00 bits per heavy atom. The molecule has 14 heavy (non-hydrogen) atoms. The van der Waals surface area contributed by atoms with Gasteiger partial charge in [0.15, 0.2) is 0 Å². The van der Waals surface area contributed by atoms with Crippen molar-refractivity contribution in [3.05, 3.63) is 41.5 Å². The zero-order chi connectivity index (χ0) is 10.2. The van der Waals surface area contributed by atoms with Gasteiger partial charge in [-0.25, -0.2) is 0 Å². The number of hydrogen-bond donors (Lipinski definition) is 1. The van der Waals surface area contributed by atoms with Crippen molar-refractivity contribution in [2.75, 3.05) is 5.75 Å². The van der Waals surface area contributed by atoms with Crippen molar-refractivity contribution in [2.45, 2.75) is 5.92 Å². The fraction of sp³-hybridized carbons (Fsp3) is 0.200. The van der Waals surface area contributed by atoms with Gasteiger partial charge in [-0.05, 0) is 11.1 Å². The molecule has 1 aromatic carbocycles. The summed E-state index contributed by atoms with van der Waals surface area (Å²) in [7, 11) is -3.90. The third-order valence-electron chi connectivity index (χ3n) is 2.29. The van der Waals surface area contributed by atoms with Gasteiger partial charge < -0.3 is 0 Å². The molecule has 0 aromatic heterocycles. The molecule has 0 spiro atoms. The second kappa shape index (κ2) is 3.22. The first kappa shape index (κ1) is 9.43. The van der Waals surface area contributed by atoms with Gasteiger partial charge in [-0.1, -0.05) is 36.4 Å². The van der Waals surface area contributed by atoms with Crippen LogP contribution in [0.5, 0.6) is 0 Å². The van der Waals surface area contributed by atoms with Gasteiger partial charge in [0.2, 0.25) is 0 Å². The van der Waals surface area contributed by atoms with E-state index in [1.165, 1.54) is 0 Å². The predicted molar refractivity (Wildman–Crippen MR) is 54.6 cm³/mol. The van der Waals surface area contributed by atoms with Crippen LogP contribution in [0.25, 0.3) is 6.08 Å². The van der Waals surface area contributed by atoms with Crippen LogP contribution in [0.15, 0.2) is 30.3 Å². The van der Waals surface area contributed by atoms with Crippen molar-refractivity contribution in [3.8, 4) is 0 Å². The molecular formula is C10H10O3S. The molecule has 1 atom stereocenters. The van der Waals surface area contributed by atoms with Gasteiger partial charge in [-0.15, -0.1) is 0 Å². The highest BCUT2D eigenvalue weighted by molar-refractivity contribution is 7.85. The molecule has 1 aliphatic carbocycles. The maximum absolute atomic E-state index is 10.7. The van der Waals surface area contributed by atoms with Crippen LogP contribution in [0, 0.1) is 0 Å². The Kier molecular flexibility index (Phi) is 2.17. The number of rotatable bonds is 2. The summed E-state index contributed by atoms with van der Waals surface area (Å²) in [6.07, 6.45) is 3.68. The Balaban J connectivity index is 2.32. The summed E-state index contributed by atoms with van der Waals surface area (Å²) in [4.78, 5) is 0. The molecule has 1 unspecified atom stereocenters. The molecule has 0 saturated carbocycles. The summed E-state index contributed by atoms with van der Waals surface area (Å²) >= 11 is 0. The second-order valence-corrected chi connectivity index (χ2v) is 4.84. The van der Waals surface area contributed by atoms with Crippen molar-refractivity contribution >= 4 is 16.2 Å². The molecule has 0 heterocycles. The highest BCUT2D eigenvalue weighted by atomic mass is 32.2.